The first kappa shape index (κ1) is 18.9. The zero-order chi connectivity index (χ0) is 19.4. The van der Waals surface area contributed by atoms with Gasteiger partial charge in [0.2, 0.25) is 5.95 Å². The van der Waals surface area contributed by atoms with Crippen LogP contribution in [0.5, 0.6) is 0 Å². The van der Waals surface area contributed by atoms with Crippen LogP contribution in [-0.4, -0.2) is 22.9 Å². The molecule has 0 saturated heterocycles. The summed E-state index contributed by atoms with van der Waals surface area (Å²) < 4.78 is 0. The summed E-state index contributed by atoms with van der Waals surface area (Å²) in [5.74, 6) is 0.215. The van der Waals surface area contributed by atoms with Gasteiger partial charge < -0.3 is 10.2 Å². The second-order valence-corrected chi connectivity index (χ2v) is 6.81. The Morgan fingerprint density at radius 3 is 2.56 bits per heavy atom. The predicted octanol–water partition coefficient (Wildman–Crippen LogP) is 4.64. The molecule has 0 fully saturated rings. The monoisotopic (exact) mass is 380 g/mol. The number of nitrogens with one attached hydrogen (secondary N) is 1. The fourth-order valence-corrected chi connectivity index (χ4v) is 2.87. The highest BCUT2D eigenvalue weighted by molar-refractivity contribution is 6.31. The van der Waals surface area contributed by atoms with Gasteiger partial charge in [0.15, 0.2) is 0 Å². The van der Waals surface area contributed by atoms with Crippen molar-refractivity contribution in [3.05, 3.63) is 82.1 Å². The lowest BCUT2D eigenvalue weighted by atomic mass is 10.2. The maximum absolute atomic E-state index is 12.7. The summed E-state index contributed by atoms with van der Waals surface area (Å²) in [5, 5.41) is 3.48. The molecule has 3 aromatic rings. The standard InChI is InChI=1S/C21H21ClN4O/c1-14-12-19(20(27)24-18-11-7-10-17(22)15(18)2)25-21(23-14)26(3)13-16-8-5-4-6-9-16/h4-12H,13H2,1-3H3,(H,24,27). The van der Waals surface area contributed by atoms with Gasteiger partial charge in [-0.05, 0) is 43.2 Å². The molecule has 1 aromatic heterocycles. The van der Waals surface area contributed by atoms with Crippen LogP contribution in [0.2, 0.25) is 5.02 Å². The second-order valence-electron chi connectivity index (χ2n) is 6.40. The summed E-state index contributed by atoms with van der Waals surface area (Å²) in [6.07, 6.45) is 0. The molecular formula is C21H21ClN4O. The first-order chi connectivity index (χ1) is 12.9. The van der Waals surface area contributed by atoms with Crippen molar-refractivity contribution in [2.24, 2.45) is 0 Å². The summed E-state index contributed by atoms with van der Waals surface area (Å²) >= 11 is 6.13. The quantitative estimate of drug-likeness (QED) is 0.700. The van der Waals surface area contributed by atoms with Gasteiger partial charge in [0.05, 0.1) is 0 Å². The van der Waals surface area contributed by atoms with Gasteiger partial charge in [0.1, 0.15) is 5.69 Å². The lowest BCUT2D eigenvalue weighted by Crippen LogP contribution is -2.22. The molecule has 0 aliphatic carbocycles. The van der Waals surface area contributed by atoms with Crippen molar-refractivity contribution in [3.63, 3.8) is 0 Å². The molecule has 0 spiro atoms. The molecule has 5 nitrogen and oxygen atoms in total. The Morgan fingerprint density at radius 2 is 1.81 bits per heavy atom. The molecule has 0 aliphatic heterocycles. The van der Waals surface area contributed by atoms with Crippen LogP contribution < -0.4 is 10.2 Å². The Kier molecular flexibility index (Phi) is 5.72. The summed E-state index contributed by atoms with van der Waals surface area (Å²) in [6.45, 7) is 4.37. The number of amides is 1. The number of hydrogen-bond donors (Lipinski definition) is 1. The number of halogens is 1. The molecule has 1 N–H and O–H groups in total. The van der Waals surface area contributed by atoms with Crippen molar-refractivity contribution < 1.29 is 4.79 Å². The third-order valence-electron chi connectivity index (χ3n) is 4.19. The highest BCUT2D eigenvalue weighted by atomic mass is 35.5. The van der Waals surface area contributed by atoms with E-state index >= 15 is 0 Å². The fraction of sp³-hybridized carbons (Fsp3) is 0.190. The smallest absolute Gasteiger partial charge is 0.274 e. The maximum Gasteiger partial charge on any atom is 0.274 e. The van der Waals surface area contributed by atoms with Gasteiger partial charge in [0.25, 0.3) is 5.91 Å². The van der Waals surface area contributed by atoms with Crippen LogP contribution in [0.25, 0.3) is 0 Å². The normalized spacial score (nSPS) is 10.5. The van der Waals surface area contributed by atoms with Crippen molar-refractivity contribution in [2.75, 3.05) is 17.3 Å². The molecule has 1 heterocycles. The van der Waals surface area contributed by atoms with Crippen molar-refractivity contribution in [2.45, 2.75) is 20.4 Å². The van der Waals surface area contributed by atoms with E-state index in [9.17, 15) is 4.79 Å². The average Bonchev–Trinajstić information content (AvgIpc) is 2.65. The zero-order valence-electron chi connectivity index (χ0n) is 15.5. The predicted molar refractivity (Wildman–Crippen MR) is 109 cm³/mol. The van der Waals surface area contributed by atoms with Crippen LogP contribution in [-0.2, 0) is 6.54 Å². The lowest BCUT2D eigenvalue weighted by Gasteiger charge is -2.18. The molecule has 0 unspecified atom stereocenters. The van der Waals surface area contributed by atoms with Gasteiger partial charge in [-0.15, -0.1) is 0 Å². The van der Waals surface area contributed by atoms with Crippen LogP contribution in [0.3, 0.4) is 0 Å². The zero-order valence-corrected chi connectivity index (χ0v) is 16.3. The number of rotatable bonds is 5. The van der Waals surface area contributed by atoms with Crippen LogP contribution >= 0.6 is 11.6 Å². The Bertz CT molecular complexity index is 960. The first-order valence-electron chi connectivity index (χ1n) is 8.61. The molecule has 0 saturated carbocycles. The van der Waals surface area contributed by atoms with Crippen LogP contribution in [0.15, 0.2) is 54.6 Å². The Hall–Kier alpha value is -2.92. The van der Waals surface area contributed by atoms with E-state index in [1.54, 1.807) is 18.2 Å². The van der Waals surface area contributed by atoms with Gasteiger partial charge in [-0.1, -0.05) is 48.0 Å². The van der Waals surface area contributed by atoms with Crippen molar-refractivity contribution >= 4 is 29.1 Å². The van der Waals surface area contributed by atoms with Crippen molar-refractivity contribution in [3.8, 4) is 0 Å². The highest BCUT2D eigenvalue weighted by Gasteiger charge is 2.15. The maximum atomic E-state index is 12.7. The topological polar surface area (TPSA) is 58.1 Å². The molecule has 2 aromatic carbocycles. The number of aromatic nitrogens is 2. The molecule has 0 aliphatic rings. The van der Waals surface area contributed by atoms with Crippen molar-refractivity contribution in [1.82, 2.24) is 9.97 Å². The molecule has 0 radical (unpaired) electrons. The van der Waals surface area contributed by atoms with Gasteiger partial charge in [-0.3, -0.25) is 4.79 Å². The molecule has 6 heteroatoms. The van der Waals surface area contributed by atoms with Crippen LogP contribution in [0.4, 0.5) is 11.6 Å². The minimum absolute atomic E-state index is 0.291. The van der Waals surface area contributed by atoms with E-state index in [4.69, 9.17) is 11.6 Å². The van der Waals surface area contributed by atoms with Gasteiger partial charge in [-0.2, -0.15) is 0 Å². The number of aryl methyl sites for hydroxylation is 1. The van der Waals surface area contributed by atoms with E-state index < -0.39 is 0 Å². The van der Waals surface area contributed by atoms with Crippen LogP contribution in [0.1, 0.15) is 27.3 Å². The summed E-state index contributed by atoms with van der Waals surface area (Å²) in [5.41, 5.74) is 3.68. The largest absolute Gasteiger partial charge is 0.340 e. The molecule has 138 valence electrons. The van der Waals surface area contributed by atoms with E-state index in [-0.39, 0.29) is 5.91 Å². The summed E-state index contributed by atoms with van der Waals surface area (Å²) in [4.78, 5) is 23.5. The van der Waals surface area contributed by atoms with Gasteiger partial charge >= 0.3 is 0 Å². The third kappa shape index (κ3) is 4.63. The number of hydrogen-bond acceptors (Lipinski definition) is 4. The average molecular weight is 381 g/mol. The molecule has 3 rings (SSSR count). The van der Waals surface area contributed by atoms with Gasteiger partial charge in [0, 0.05) is 30.0 Å². The molecule has 0 atom stereocenters. The number of carbonyl (C=O) groups excluding carboxylic acids is 1. The van der Waals surface area contributed by atoms with E-state index in [1.807, 2.05) is 62.2 Å². The van der Waals surface area contributed by atoms with E-state index in [1.165, 1.54) is 0 Å². The summed E-state index contributed by atoms with van der Waals surface area (Å²) in [7, 11) is 1.91. The number of anilines is 2. The highest BCUT2D eigenvalue weighted by Crippen LogP contribution is 2.23. The van der Waals surface area contributed by atoms with Crippen molar-refractivity contribution in [1.29, 1.82) is 0 Å². The van der Waals surface area contributed by atoms with E-state index in [0.717, 1.165) is 16.8 Å². The Balaban J connectivity index is 1.82. The number of carbonyl (C=O) groups is 1. The number of nitrogens with zero attached hydrogens (tertiary/aromatic N) is 3. The lowest BCUT2D eigenvalue weighted by molar-refractivity contribution is 0.102. The number of benzene rings is 2. The second kappa shape index (κ2) is 8.18. The van der Waals surface area contributed by atoms with Gasteiger partial charge in [-0.25, -0.2) is 9.97 Å². The minimum Gasteiger partial charge on any atom is -0.340 e. The fourth-order valence-electron chi connectivity index (χ4n) is 2.70. The van der Waals surface area contributed by atoms with E-state index in [2.05, 4.69) is 15.3 Å². The molecule has 1 amide bonds. The Morgan fingerprint density at radius 1 is 1.07 bits per heavy atom. The minimum atomic E-state index is -0.291. The third-order valence-corrected chi connectivity index (χ3v) is 4.60. The molecule has 0 bridgehead atoms. The molecule has 27 heavy (non-hydrogen) atoms. The SMILES string of the molecule is Cc1cc(C(=O)Nc2cccc(Cl)c2C)nc(N(C)Cc2ccccc2)n1. The van der Waals surface area contributed by atoms with E-state index in [0.29, 0.717) is 28.9 Å². The summed E-state index contributed by atoms with van der Waals surface area (Å²) in [6, 6.07) is 17.1. The van der Waals surface area contributed by atoms with Crippen LogP contribution in [0, 0.1) is 13.8 Å². The molecular weight excluding hydrogens is 360 g/mol. The first-order valence-corrected chi connectivity index (χ1v) is 8.99. The Labute approximate surface area is 164 Å².